The lowest BCUT2D eigenvalue weighted by molar-refractivity contribution is 1.27. The molecule has 0 amide bonds. The summed E-state index contributed by atoms with van der Waals surface area (Å²) in [5.74, 6) is 0. The number of hydrogen-bond acceptors (Lipinski definition) is 1. The van der Waals surface area contributed by atoms with Gasteiger partial charge in [-0.05, 0) is 86.5 Å². The number of aromatic nitrogens is 1. The SMILES string of the molecule is C=C/C=C(\C=C/C)c1cccc(-c2c3ccccc3c(/C(C=C)=C/C(=C\Cc3ccccc3)c3ccccc3)c3ccccc23)n1. The van der Waals surface area contributed by atoms with Crippen LogP contribution in [0.25, 0.3) is 49.5 Å². The van der Waals surface area contributed by atoms with Crippen LogP contribution in [0.15, 0.2) is 183 Å². The number of nitrogens with zero attached hydrogens (tertiary/aromatic N) is 1. The van der Waals surface area contributed by atoms with Crippen molar-refractivity contribution in [2.45, 2.75) is 13.3 Å². The molecule has 5 aromatic carbocycles. The molecule has 0 unspecified atom stereocenters. The molecule has 1 heteroatoms. The molecular weight excluding hydrogens is 555 g/mol. The van der Waals surface area contributed by atoms with E-state index in [9.17, 15) is 0 Å². The lowest BCUT2D eigenvalue weighted by Crippen LogP contribution is -1.96. The van der Waals surface area contributed by atoms with Crippen molar-refractivity contribution in [3.05, 3.63) is 205 Å². The minimum absolute atomic E-state index is 0.837. The highest BCUT2D eigenvalue weighted by Crippen LogP contribution is 2.42. The fraction of sp³-hybridized carbons (Fsp3) is 0.0444. The van der Waals surface area contributed by atoms with Crippen LogP contribution < -0.4 is 0 Å². The third kappa shape index (κ3) is 6.36. The zero-order valence-electron chi connectivity index (χ0n) is 26.2. The molecule has 0 atom stereocenters. The van der Waals surface area contributed by atoms with Crippen LogP contribution in [-0.2, 0) is 6.42 Å². The van der Waals surface area contributed by atoms with E-state index in [0.717, 1.165) is 50.9 Å². The second-order valence-corrected chi connectivity index (χ2v) is 11.1. The zero-order valence-corrected chi connectivity index (χ0v) is 26.2. The van der Waals surface area contributed by atoms with Crippen LogP contribution in [0, 0.1) is 0 Å². The highest BCUT2D eigenvalue weighted by atomic mass is 14.7. The van der Waals surface area contributed by atoms with Gasteiger partial charge in [-0.25, -0.2) is 4.98 Å². The van der Waals surface area contributed by atoms with E-state index in [1.165, 1.54) is 27.5 Å². The van der Waals surface area contributed by atoms with Gasteiger partial charge in [0.05, 0.1) is 11.4 Å². The highest BCUT2D eigenvalue weighted by Gasteiger charge is 2.18. The van der Waals surface area contributed by atoms with Gasteiger partial charge in [0.25, 0.3) is 0 Å². The van der Waals surface area contributed by atoms with Crippen molar-refractivity contribution in [3.8, 4) is 11.3 Å². The summed E-state index contributed by atoms with van der Waals surface area (Å²) in [4.78, 5) is 5.21. The van der Waals surface area contributed by atoms with Gasteiger partial charge in [-0.3, -0.25) is 0 Å². The van der Waals surface area contributed by atoms with E-state index in [4.69, 9.17) is 4.98 Å². The molecule has 0 saturated carbocycles. The second-order valence-electron chi connectivity index (χ2n) is 11.1. The average Bonchev–Trinajstić information content (AvgIpc) is 3.12. The largest absolute Gasteiger partial charge is 0.248 e. The first-order valence-electron chi connectivity index (χ1n) is 15.7. The third-order valence-electron chi connectivity index (χ3n) is 8.20. The Morgan fingerprint density at radius 1 is 0.630 bits per heavy atom. The van der Waals surface area contributed by atoms with E-state index in [1.54, 1.807) is 0 Å². The van der Waals surface area contributed by atoms with E-state index in [2.05, 4.69) is 159 Å². The Hall–Kier alpha value is -5.79. The summed E-state index contributed by atoms with van der Waals surface area (Å²) in [5, 5.41) is 4.65. The van der Waals surface area contributed by atoms with Gasteiger partial charge < -0.3 is 0 Å². The lowest BCUT2D eigenvalue weighted by atomic mass is 9.86. The van der Waals surface area contributed by atoms with Crippen molar-refractivity contribution < 1.29 is 0 Å². The minimum Gasteiger partial charge on any atom is -0.248 e. The molecule has 0 radical (unpaired) electrons. The molecule has 0 spiro atoms. The van der Waals surface area contributed by atoms with Gasteiger partial charge in [0, 0.05) is 5.56 Å². The molecule has 0 aliphatic rings. The maximum atomic E-state index is 5.21. The molecule has 1 aromatic heterocycles. The number of allylic oxidation sites excluding steroid dienone is 10. The topological polar surface area (TPSA) is 12.9 Å². The van der Waals surface area contributed by atoms with E-state index in [-0.39, 0.29) is 0 Å². The van der Waals surface area contributed by atoms with Crippen LogP contribution in [0.4, 0.5) is 0 Å². The Bertz CT molecular complexity index is 2080. The summed E-state index contributed by atoms with van der Waals surface area (Å²) in [6.45, 7) is 10.3. The van der Waals surface area contributed by atoms with Crippen LogP contribution in [0.5, 0.6) is 0 Å². The normalized spacial score (nSPS) is 12.6. The maximum Gasteiger partial charge on any atom is 0.0722 e. The molecular formula is C45H37N. The monoisotopic (exact) mass is 591 g/mol. The zero-order chi connectivity index (χ0) is 31.7. The Morgan fingerprint density at radius 3 is 1.85 bits per heavy atom. The van der Waals surface area contributed by atoms with Crippen LogP contribution in [0.3, 0.4) is 0 Å². The van der Waals surface area contributed by atoms with Gasteiger partial charge in [0.1, 0.15) is 0 Å². The smallest absolute Gasteiger partial charge is 0.0722 e. The number of rotatable bonds is 10. The molecule has 46 heavy (non-hydrogen) atoms. The molecule has 222 valence electrons. The Labute approximate surface area is 272 Å². The molecule has 6 rings (SSSR count). The minimum atomic E-state index is 0.837. The summed E-state index contributed by atoms with van der Waals surface area (Å²) in [6, 6.07) is 44.8. The molecule has 0 saturated heterocycles. The van der Waals surface area contributed by atoms with Crippen molar-refractivity contribution in [2.75, 3.05) is 0 Å². The quantitative estimate of drug-likeness (QED) is 0.114. The van der Waals surface area contributed by atoms with Gasteiger partial charge in [0.2, 0.25) is 0 Å². The molecule has 0 aliphatic heterocycles. The van der Waals surface area contributed by atoms with Crippen LogP contribution in [-0.4, -0.2) is 4.98 Å². The first-order valence-corrected chi connectivity index (χ1v) is 15.7. The highest BCUT2D eigenvalue weighted by molar-refractivity contribution is 6.19. The fourth-order valence-corrected chi connectivity index (χ4v) is 6.12. The standard InChI is InChI=1S/C45H37N/c1-4-18-36(19-5-2)42-28-17-29-43(46-42)45-40-26-15-13-24-38(40)44(39-25-14-16-27-41(39)45)34(6-3)32-37(35-22-11-8-12-23-35)31-30-33-20-9-7-10-21-33/h4-29,31-32H,1,3,30H2,2H3/b19-5-,34-32+,36-18+,37-31+. The predicted molar refractivity (Wildman–Crippen MR) is 200 cm³/mol. The first kappa shape index (κ1) is 30.2. The Kier molecular flexibility index (Phi) is 9.42. The van der Waals surface area contributed by atoms with E-state index in [0.29, 0.717) is 0 Å². The van der Waals surface area contributed by atoms with E-state index in [1.807, 2.05) is 31.2 Å². The van der Waals surface area contributed by atoms with Crippen molar-refractivity contribution in [3.63, 3.8) is 0 Å². The number of fused-ring (bicyclic) bond motifs is 2. The number of benzene rings is 5. The summed E-state index contributed by atoms with van der Waals surface area (Å²) in [6.07, 6.45) is 15.4. The average molecular weight is 592 g/mol. The molecule has 6 aromatic rings. The lowest BCUT2D eigenvalue weighted by Gasteiger charge is -2.18. The van der Waals surface area contributed by atoms with Crippen LogP contribution in [0.1, 0.15) is 29.3 Å². The van der Waals surface area contributed by atoms with Gasteiger partial charge in [-0.15, -0.1) is 0 Å². The van der Waals surface area contributed by atoms with Crippen molar-refractivity contribution in [1.82, 2.24) is 4.98 Å². The van der Waals surface area contributed by atoms with Gasteiger partial charge >= 0.3 is 0 Å². The number of pyridine rings is 1. The van der Waals surface area contributed by atoms with E-state index < -0.39 is 0 Å². The molecule has 0 N–H and O–H groups in total. The fourth-order valence-electron chi connectivity index (χ4n) is 6.12. The van der Waals surface area contributed by atoms with Gasteiger partial charge in [0.15, 0.2) is 0 Å². The summed E-state index contributed by atoms with van der Waals surface area (Å²) in [7, 11) is 0. The first-order chi connectivity index (χ1) is 22.7. The molecule has 0 fully saturated rings. The van der Waals surface area contributed by atoms with Crippen molar-refractivity contribution in [2.24, 2.45) is 0 Å². The second kappa shape index (κ2) is 14.3. The van der Waals surface area contributed by atoms with E-state index >= 15 is 0 Å². The Balaban J connectivity index is 1.60. The maximum absolute atomic E-state index is 5.21. The molecule has 1 nitrogen and oxygen atoms in total. The van der Waals surface area contributed by atoms with Crippen LogP contribution >= 0.6 is 0 Å². The van der Waals surface area contributed by atoms with Gasteiger partial charge in [-0.2, -0.15) is 0 Å². The molecule has 1 heterocycles. The summed E-state index contributed by atoms with van der Waals surface area (Å²) < 4.78 is 0. The summed E-state index contributed by atoms with van der Waals surface area (Å²) >= 11 is 0. The molecule has 0 aliphatic carbocycles. The predicted octanol–water partition coefficient (Wildman–Crippen LogP) is 12.1. The Morgan fingerprint density at radius 2 is 1.24 bits per heavy atom. The molecule has 0 bridgehead atoms. The number of hydrogen-bond donors (Lipinski definition) is 0. The summed E-state index contributed by atoms with van der Waals surface area (Å²) in [5.41, 5.74) is 9.86. The van der Waals surface area contributed by atoms with Crippen LogP contribution in [0.2, 0.25) is 0 Å². The third-order valence-corrected chi connectivity index (χ3v) is 8.20. The van der Waals surface area contributed by atoms with Crippen molar-refractivity contribution >= 4 is 38.3 Å². The van der Waals surface area contributed by atoms with Crippen molar-refractivity contribution in [1.29, 1.82) is 0 Å². The van der Waals surface area contributed by atoms with Gasteiger partial charge in [-0.1, -0.05) is 165 Å².